The van der Waals surface area contributed by atoms with Gasteiger partial charge in [-0.15, -0.1) is 11.8 Å². The van der Waals surface area contributed by atoms with Crippen LogP contribution in [0.5, 0.6) is 0 Å². The normalized spacial score (nSPS) is 19.1. The molecule has 1 unspecified atom stereocenters. The lowest BCUT2D eigenvalue weighted by molar-refractivity contribution is 0.0315. The minimum absolute atomic E-state index is 0.448. The van der Waals surface area contributed by atoms with Crippen molar-refractivity contribution in [2.45, 2.75) is 36.8 Å². The van der Waals surface area contributed by atoms with Crippen molar-refractivity contribution < 1.29 is 9.47 Å². The molecule has 3 nitrogen and oxygen atoms in total. The molecule has 1 fully saturated rings. The second-order valence-corrected chi connectivity index (χ2v) is 6.21. The first-order valence-corrected chi connectivity index (χ1v) is 8.40. The van der Waals surface area contributed by atoms with Gasteiger partial charge in [0, 0.05) is 37.5 Å². The summed E-state index contributed by atoms with van der Waals surface area (Å²) >= 11 is 1.90. The molecule has 0 radical (unpaired) electrons. The number of nitrogens with one attached hydrogen (secondary N) is 1. The molecule has 20 heavy (non-hydrogen) atoms. The topological polar surface area (TPSA) is 30.5 Å². The third-order valence-corrected chi connectivity index (χ3v) is 4.59. The number of hydrogen-bond acceptors (Lipinski definition) is 4. The van der Waals surface area contributed by atoms with E-state index in [1.54, 1.807) is 7.11 Å². The molecule has 0 aromatic heterocycles. The number of ether oxygens (including phenoxy) is 2. The lowest BCUT2D eigenvalue weighted by Gasteiger charge is -2.22. The van der Waals surface area contributed by atoms with Crippen molar-refractivity contribution in [3.8, 4) is 0 Å². The van der Waals surface area contributed by atoms with E-state index in [4.69, 9.17) is 9.47 Å². The Balaban J connectivity index is 1.68. The van der Waals surface area contributed by atoms with Crippen molar-refractivity contribution in [3.63, 3.8) is 0 Å². The predicted molar refractivity (Wildman–Crippen MR) is 84.3 cm³/mol. The summed E-state index contributed by atoms with van der Waals surface area (Å²) in [7, 11) is 1.73. The average Bonchev–Trinajstić information content (AvgIpc) is 2.52. The van der Waals surface area contributed by atoms with Crippen LogP contribution in [-0.4, -0.2) is 38.7 Å². The van der Waals surface area contributed by atoms with Crippen molar-refractivity contribution >= 4 is 11.8 Å². The van der Waals surface area contributed by atoms with Gasteiger partial charge >= 0.3 is 0 Å². The third-order valence-electron chi connectivity index (χ3n) is 3.45. The van der Waals surface area contributed by atoms with Gasteiger partial charge in [0.05, 0.1) is 12.7 Å². The number of hydrogen-bond donors (Lipinski definition) is 1. The molecule has 1 heterocycles. The van der Waals surface area contributed by atoms with Crippen LogP contribution in [0.4, 0.5) is 0 Å². The van der Waals surface area contributed by atoms with Crippen LogP contribution in [0.3, 0.4) is 0 Å². The molecule has 1 aromatic rings. The van der Waals surface area contributed by atoms with E-state index in [0.29, 0.717) is 6.10 Å². The Hall–Kier alpha value is -0.550. The van der Waals surface area contributed by atoms with E-state index in [2.05, 4.69) is 29.6 Å². The Morgan fingerprint density at radius 1 is 1.30 bits per heavy atom. The highest BCUT2D eigenvalue weighted by Gasteiger charge is 2.13. The van der Waals surface area contributed by atoms with E-state index in [1.165, 1.54) is 29.7 Å². The van der Waals surface area contributed by atoms with Crippen molar-refractivity contribution in [2.24, 2.45) is 0 Å². The van der Waals surface area contributed by atoms with Gasteiger partial charge in [-0.3, -0.25) is 0 Å². The molecule has 0 spiro atoms. The molecule has 0 bridgehead atoms. The molecule has 1 saturated heterocycles. The van der Waals surface area contributed by atoms with Gasteiger partial charge in [-0.25, -0.2) is 0 Å². The second-order valence-electron chi connectivity index (χ2n) is 5.11. The van der Waals surface area contributed by atoms with Crippen LogP contribution in [0.25, 0.3) is 0 Å². The van der Waals surface area contributed by atoms with Crippen LogP contribution in [0, 0.1) is 0 Å². The van der Waals surface area contributed by atoms with Gasteiger partial charge in [-0.05, 0) is 37.0 Å². The van der Waals surface area contributed by atoms with Crippen LogP contribution in [0.1, 0.15) is 24.8 Å². The summed E-state index contributed by atoms with van der Waals surface area (Å²) in [5.74, 6) is 1.07. The van der Waals surface area contributed by atoms with Crippen molar-refractivity contribution in [1.29, 1.82) is 0 Å². The maximum Gasteiger partial charge on any atom is 0.0669 e. The molecule has 1 N–H and O–H groups in total. The molecule has 1 atom stereocenters. The van der Waals surface area contributed by atoms with Crippen LogP contribution >= 0.6 is 11.8 Å². The zero-order chi connectivity index (χ0) is 14.0. The fraction of sp³-hybridized carbons (Fsp3) is 0.625. The van der Waals surface area contributed by atoms with Crippen molar-refractivity contribution in [1.82, 2.24) is 5.32 Å². The molecule has 0 saturated carbocycles. The SMILES string of the molecule is COCCNCc1ccc(SCC2CCCCO2)cc1. The third kappa shape index (κ3) is 5.83. The molecular formula is C16H25NO2S. The summed E-state index contributed by atoms with van der Waals surface area (Å²) in [6.45, 7) is 3.50. The highest BCUT2D eigenvalue weighted by Crippen LogP contribution is 2.23. The van der Waals surface area contributed by atoms with E-state index in [-0.39, 0.29) is 0 Å². The quantitative estimate of drug-likeness (QED) is 0.590. The smallest absolute Gasteiger partial charge is 0.0669 e. The predicted octanol–water partition coefficient (Wildman–Crippen LogP) is 3.08. The molecule has 1 aliphatic rings. The number of rotatable bonds is 8. The molecule has 112 valence electrons. The maximum absolute atomic E-state index is 5.76. The number of methoxy groups -OCH3 is 1. The van der Waals surface area contributed by atoms with E-state index in [1.807, 2.05) is 11.8 Å². The Morgan fingerprint density at radius 2 is 2.15 bits per heavy atom. The van der Waals surface area contributed by atoms with Crippen LogP contribution in [-0.2, 0) is 16.0 Å². The molecule has 0 amide bonds. The average molecular weight is 295 g/mol. The Labute approximate surface area is 126 Å². The largest absolute Gasteiger partial charge is 0.383 e. The highest BCUT2D eigenvalue weighted by molar-refractivity contribution is 7.99. The van der Waals surface area contributed by atoms with Gasteiger partial charge in [-0.2, -0.15) is 0 Å². The summed E-state index contributed by atoms with van der Waals surface area (Å²) in [6.07, 6.45) is 4.21. The summed E-state index contributed by atoms with van der Waals surface area (Å²) in [6, 6.07) is 8.81. The minimum Gasteiger partial charge on any atom is -0.383 e. The van der Waals surface area contributed by atoms with E-state index >= 15 is 0 Å². The van der Waals surface area contributed by atoms with Gasteiger partial charge < -0.3 is 14.8 Å². The van der Waals surface area contributed by atoms with Gasteiger partial charge in [0.25, 0.3) is 0 Å². The summed E-state index contributed by atoms with van der Waals surface area (Å²) in [5.41, 5.74) is 1.32. The minimum atomic E-state index is 0.448. The molecule has 4 heteroatoms. The molecule has 2 rings (SSSR count). The summed E-state index contributed by atoms with van der Waals surface area (Å²) < 4.78 is 10.8. The first-order chi connectivity index (χ1) is 9.88. The van der Waals surface area contributed by atoms with Crippen LogP contribution in [0.15, 0.2) is 29.2 Å². The Morgan fingerprint density at radius 3 is 2.85 bits per heavy atom. The molecule has 0 aliphatic carbocycles. The molecule has 1 aliphatic heterocycles. The standard InChI is InChI=1S/C16H25NO2S/c1-18-11-9-17-12-14-5-7-16(8-6-14)20-13-15-4-2-3-10-19-15/h5-8,15,17H,2-4,9-13H2,1H3. The monoisotopic (exact) mass is 295 g/mol. The fourth-order valence-electron chi connectivity index (χ4n) is 2.24. The van der Waals surface area contributed by atoms with Crippen LogP contribution in [0.2, 0.25) is 0 Å². The van der Waals surface area contributed by atoms with E-state index in [9.17, 15) is 0 Å². The fourth-order valence-corrected chi connectivity index (χ4v) is 3.21. The number of thioether (sulfide) groups is 1. The molecule has 1 aromatic carbocycles. The number of benzene rings is 1. The van der Waals surface area contributed by atoms with E-state index < -0.39 is 0 Å². The first kappa shape index (κ1) is 15.8. The Kier molecular flexibility index (Phi) is 7.44. The van der Waals surface area contributed by atoms with Crippen LogP contribution < -0.4 is 5.32 Å². The zero-order valence-electron chi connectivity index (χ0n) is 12.3. The first-order valence-electron chi connectivity index (χ1n) is 7.41. The van der Waals surface area contributed by atoms with Gasteiger partial charge in [0.2, 0.25) is 0 Å². The maximum atomic E-state index is 5.76. The molecular weight excluding hydrogens is 270 g/mol. The van der Waals surface area contributed by atoms with Crippen molar-refractivity contribution in [3.05, 3.63) is 29.8 Å². The lowest BCUT2D eigenvalue weighted by Crippen LogP contribution is -2.21. The second kappa shape index (κ2) is 9.40. The lowest BCUT2D eigenvalue weighted by atomic mass is 10.1. The summed E-state index contributed by atoms with van der Waals surface area (Å²) in [4.78, 5) is 1.33. The van der Waals surface area contributed by atoms with E-state index in [0.717, 1.165) is 32.1 Å². The van der Waals surface area contributed by atoms with Gasteiger partial charge in [0.1, 0.15) is 0 Å². The van der Waals surface area contributed by atoms with Gasteiger partial charge in [-0.1, -0.05) is 12.1 Å². The van der Waals surface area contributed by atoms with Crippen molar-refractivity contribution in [2.75, 3.05) is 32.6 Å². The Bertz CT molecular complexity index is 363. The van der Waals surface area contributed by atoms with Gasteiger partial charge in [0.15, 0.2) is 0 Å². The summed E-state index contributed by atoms with van der Waals surface area (Å²) in [5, 5.41) is 3.35. The highest BCUT2D eigenvalue weighted by atomic mass is 32.2. The zero-order valence-corrected chi connectivity index (χ0v) is 13.1.